The number of amides is 2. The number of aliphatic carboxylic acids is 1. The highest BCUT2D eigenvalue weighted by molar-refractivity contribution is 6.25. The van der Waals surface area contributed by atoms with E-state index in [-0.39, 0.29) is 82.3 Å². The van der Waals surface area contributed by atoms with E-state index in [0.717, 1.165) is 16.7 Å². The standard InChI is InChI=1S/C51H57N5O9/c1-34-35(2)47(61)45(36(3)46(34)60)51(4,5)32-43(57)54(6)23-24-55(25-27-64-29-28-63-26-22-44(58)59)50(62)65-49-41(31-38-18-12-8-13-19-38)53-48-40(30-37-16-10-7-11-17-37)52-42(33-56(48)49)39-20-14-9-15-21-39/h7-21,33H,22-32H2,1-6H3,(H,58,59). The van der Waals surface area contributed by atoms with Gasteiger partial charge in [0, 0.05) is 85.4 Å². The second-order valence-electron chi connectivity index (χ2n) is 16.8. The molecule has 5 aromatic rings. The molecule has 0 aliphatic heterocycles. The molecule has 2 amide bonds. The molecule has 6 rings (SSSR count). The molecular formula is C51H57N5O9. The number of allylic oxidation sites excluding steroid dienone is 4. The number of fused-ring (bicyclic) bond motifs is 1. The van der Waals surface area contributed by atoms with Gasteiger partial charge in [-0.05, 0) is 31.9 Å². The van der Waals surface area contributed by atoms with Crippen molar-refractivity contribution >= 4 is 35.2 Å². The van der Waals surface area contributed by atoms with Crippen molar-refractivity contribution in [3.05, 3.63) is 142 Å². The third kappa shape index (κ3) is 12.1. The summed E-state index contributed by atoms with van der Waals surface area (Å²) in [5.74, 6) is -1.45. The lowest BCUT2D eigenvalue weighted by atomic mass is 9.71. The second kappa shape index (κ2) is 21.7. The molecule has 0 unspecified atom stereocenters. The number of ether oxygens (including phenoxy) is 3. The SMILES string of the molecule is CC1=C(C)C(=O)C(C(C)(C)CC(=O)N(C)CCN(CCOCCOCCC(=O)O)C(=O)Oc2c(Cc3ccccc3)nc3c(Cc4ccccc4)nc(-c4ccccc4)cn23)=C(C)C1=O. The fourth-order valence-electron chi connectivity index (χ4n) is 7.81. The van der Waals surface area contributed by atoms with Crippen molar-refractivity contribution < 1.29 is 43.3 Å². The molecule has 0 radical (unpaired) electrons. The number of aromatic nitrogens is 3. The first-order valence-electron chi connectivity index (χ1n) is 21.7. The molecule has 1 aliphatic carbocycles. The van der Waals surface area contributed by atoms with Crippen LogP contribution in [0.1, 0.15) is 70.0 Å². The lowest BCUT2D eigenvalue weighted by molar-refractivity contribution is -0.138. The monoisotopic (exact) mass is 883 g/mol. The lowest BCUT2D eigenvalue weighted by Gasteiger charge is -2.33. The van der Waals surface area contributed by atoms with E-state index >= 15 is 0 Å². The predicted molar refractivity (Wildman–Crippen MR) is 246 cm³/mol. The Kier molecular flexibility index (Phi) is 16.0. The van der Waals surface area contributed by atoms with Crippen LogP contribution in [0.3, 0.4) is 0 Å². The van der Waals surface area contributed by atoms with E-state index < -0.39 is 17.5 Å². The van der Waals surface area contributed by atoms with E-state index in [1.54, 1.807) is 46.1 Å². The minimum Gasteiger partial charge on any atom is -0.481 e. The van der Waals surface area contributed by atoms with Gasteiger partial charge in [0.25, 0.3) is 0 Å². The first-order valence-corrected chi connectivity index (χ1v) is 21.7. The minimum atomic E-state index is -0.961. The van der Waals surface area contributed by atoms with Crippen LogP contribution in [0.25, 0.3) is 16.9 Å². The van der Waals surface area contributed by atoms with Gasteiger partial charge in [-0.2, -0.15) is 0 Å². The molecule has 0 atom stereocenters. The lowest BCUT2D eigenvalue weighted by Crippen LogP contribution is -2.43. The Hall–Kier alpha value is -6.77. The Labute approximate surface area is 379 Å². The summed E-state index contributed by atoms with van der Waals surface area (Å²) in [7, 11) is 1.63. The summed E-state index contributed by atoms with van der Waals surface area (Å²) in [6.07, 6.45) is 1.78. The Morgan fingerprint density at radius 1 is 0.692 bits per heavy atom. The van der Waals surface area contributed by atoms with Crippen molar-refractivity contribution in [1.82, 2.24) is 24.2 Å². The Bertz CT molecular complexity index is 2580. The summed E-state index contributed by atoms with van der Waals surface area (Å²) in [4.78, 5) is 78.9. The van der Waals surface area contributed by atoms with Crippen molar-refractivity contribution in [2.45, 2.75) is 60.3 Å². The van der Waals surface area contributed by atoms with Crippen LogP contribution in [0.15, 0.2) is 119 Å². The van der Waals surface area contributed by atoms with E-state index in [1.165, 1.54) is 9.80 Å². The Morgan fingerprint density at radius 2 is 1.26 bits per heavy atom. The second-order valence-corrected chi connectivity index (χ2v) is 16.8. The average Bonchev–Trinajstić information content (AvgIpc) is 3.63. The number of nitrogens with zero attached hydrogens (tertiary/aromatic N) is 5. The number of carbonyl (C=O) groups is 5. The number of imidazole rings is 1. The Balaban J connectivity index is 1.29. The fraction of sp³-hybridized carbons (Fsp3) is 0.353. The average molecular weight is 884 g/mol. The summed E-state index contributed by atoms with van der Waals surface area (Å²) < 4.78 is 19.4. The number of ketones is 2. The van der Waals surface area contributed by atoms with Crippen LogP contribution < -0.4 is 4.74 Å². The van der Waals surface area contributed by atoms with Crippen LogP contribution in [-0.4, -0.2) is 112 Å². The van der Waals surface area contributed by atoms with E-state index in [2.05, 4.69) is 0 Å². The van der Waals surface area contributed by atoms with Crippen molar-refractivity contribution in [3.8, 4) is 17.1 Å². The normalized spacial score (nSPS) is 13.1. The van der Waals surface area contributed by atoms with Crippen molar-refractivity contribution in [1.29, 1.82) is 0 Å². The zero-order chi connectivity index (χ0) is 46.7. The molecule has 14 heteroatoms. The number of likely N-dealkylation sites (N-methyl/N-ethyl adjacent to an activating group) is 1. The molecule has 2 heterocycles. The third-order valence-electron chi connectivity index (χ3n) is 11.6. The van der Waals surface area contributed by atoms with Crippen molar-refractivity contribution in [3.63, 3.8) is 0 Å². The van der Waals surface area contributed by atoms with E-state index in [9.17, 15) is 24.0 Å². The molecule has 0 fully saturated rings. The molecule has 0 saturated carbocycles. The van der Waals surface area contributed by atoms with Gasteiger partial charge in [-0.3, -0.25) is 23.6 Å². The summed E-state index contributed by atoms with van der Waals surface area (Å²) >= 11 is 0. The number of rotatable bonds is 21. The van der Waals surface area contributed by atoms with Crippen LogP contribution in [0.2, 0.25) is 0 Å². The van der Waals surface area contributed by atoms with Crippen molar-refractivity contribution in [2.24, 2.45) is 5.41 Å². The summed E-state index contributed by atoms with van der Waals surface area (Å²) in [6, 6.07) is 29.5. The summed E-state index contributed by atoms with van der Waals surface area (Å²) in [5.41, 5.74) is 5.80. The smallest absolute Gasteiger partial charge is 0.416 e. The van der Waals surface area contributed by atoms with Crippen LogP contribution >= 0.6 is 0 Å². The highest BCUT2D eigenvalue weighted by atomic mass is 16.6. The maximum atomic E-state index is 14.6. The molecule has 2 aromatic heterocycles. The molecule has 65 heavy (non-hydrogen) atoms. The van der Waals surface area contributed by atoms with Gasteiger partial charge in [-0.25, -0.2) is 14.8 Å². The maximum Gasteiger partial charge on any atom is 0.416 e. The van der Waals surface area contributed by atoms with Crippen LogP contribution in [0.4, 0.5) is 4.79 Å². The van der Waals surface area contributed by atoms with Gasteiger partial charge in [0.15, 0.2) is 17.2 Å². The molecule has 0 spiro atoms. The minimum absolute atomic E-state index is 0.0464. The van der Waals surface area contributed by atoms with Crippen molar-refractivity contribution in [2.75, 3.05) is 53.1 Å². The summed E-state index contributed by atoms with van der Waals surface area (Å²) in [6.45, 7) is 9.19. The van der Waals surface area contributed by atoms with Gasteiger partial charge in [-0.15, -0.1) is 0 Å². The number of hydrogen-bond donors (Lipinski definition) is 1. The van der Waals surface area contributed by atoms with Gasteiger partial charge in [-0.1, -0.05) is 105 Å². The Morgan fingerprint density at radius 3 is 1.88 bits per heavy atom. The number of carboxylic acids is 1. The molecule has 1 aliphatic rings. The van der Waals surface area contributed by atoms with Crippen LogP contribution in [0, 0.1) is 5.41 Å². The van der Waals surface area contributed by atoms with Crippen LogP contribution in [0.5, 0.6) is 5.88 Å². The zero-order valence-electron chi connectivity index (χ0n) is 38.0. The molecule has 0 saturated heterocycles. The molecule has 3 aromatic carbocycles. The molecular weight excluding hydrogens is 827 g/mol. The van der Waals surface area contributed by atoms with E-state index in [1.807, 2.05) is 97.2 Å². The molecule has 14 nitrogen and oxygen atoms in total. The van der Waals surface area contributed by atoms with Gasteiger partial charge in [0.1, 0.15) is 5.69 Å². The van der Waals surface area contributed by atoms with E-state index in [0.29, 0.717) is 57.9 Å². The number of carboxylic acid groups (broad SMARTS) is 1. The predicted octanol–water partition coefficient (Wildman–Crippen LogP) is 7.57. The van der Waals surface area contributed by atoms with E-state index in [4.69, 9.17) is 29.3 Å². The fourth-order valence-corrected chi connectivity index (χ4v) is 7.81. The zero-order valence-corrected chi connectivity index (χ0v) is 38.0. The number of Topliss-reactive ketones (excluding diaryl/α,β-unsaturated/α-hetero) is 2. The quantitative estimate of drug-likeness (QED) is 0.0570. The number of carbonyl (C=O) groups excluding carboxylic acids is 4. The van der Waals surface area contributed by atoms with Gasteiger partial charge in [0.05, 0.1) is 44.2 Å². The highest BCUT2D eigenvalue weighted by Gasteiger charge is 2.39. The third-order valence-corrected chi connectivity index (χ3v) is 11.6. The van der Waals surface area contributed by atoms with Gasteiger partial charge >= 0.3 is 12.1 Å². The first kappa shape index (κ1) is 47.7. The topological polar surface area (TPSA) is 170 Å². The molecule has 340 valence electrons. The van der Waals surface area contributed by atoms with Gasteiger partial charge < -0.3 is 29.1 Å². The molecule has 1 N–H and O–H groups in total. The number of benzene rings is 3. The highest BCUT2D eigenvalue weighted by Crippen LogP contribution is 2.39. The van der Waals surface area contributed by atoms with Gasteiger partial charge in [0.2, 0.25) is 11.8 Å². The first-order chi connectivity index (χ1) is 31.1. The number of hydrogen-bond acceptors (Lipinski definition) is 10. The molecule has 0 bridgehead atoms. The largest absolute Gasteiger partial charge is 0.481 e. The maximum absolute atomic E-state index is 14.6. The summed E-state index contributed by atoms with van der Waals surface area (Å²) in [5, 5.41) is 8.91. The van der Waals surface area contributed by atoms with Crippen LogP contribution in [-0.2, 0) is 41.5 Å².